The Labute approximate surface area is 189 Å². The van der Waals surface area contributed by atoms with Crippen LogP contribution in [0.3, 0.4) is 0 Å². The van der Waals surface area contributed by atoms with E-state index in [0.717, 1.165) is 63.6 Å². The van der Waals surface area contributed by atoms with Gasteiger partial charge in [0, 0.05) is 17.3 Å². The number of nitrogen functional groups attached to an aromatic ring is 1. The molecule has 9 heteroatoms. The first-order chi connectivity index (χ1) is 15.5. The molecule has 0 aliphatic heterocycles. The van der Waals surface area contributed by atoms with Crippen molar-refractivity contribution in [3.8, 4) is 27.5 Å². The van der Waals surface area contributed by atoms with Gasteiger partial charge in [-0.2, -0.15) is 5.10 Å². The summed E-state index contributed by atoms with van der Waals surface area (Å²) in [5.41, 5.74) is 18.4. The smallest absolute Gasteiger partial charge is 0.239 e. The number of carbonyl (C=O) groups is 1. The molecule has 0 unspecified atom stereocenters. The molecule has 3 heterocycles. The van der Waals surface area contributed by atoms with Crippen LogP contribution in [0.5, 0.6) is 0 Å². The summed E-state index contributed by atoms with van der Waals surface area (Å²) >= 11 is 1.47. The van der Waals surface area contributed by atoms with E-state index in [4.69, 9.17) is 21.5 Å². The highest BCUT2D eigenvalue weighted by Gasteiger charge is 2.29. The first-order valence-electron chi connectivity index (χ1n) is 10.4. The third-order valence-electron chi connectivity index (χ3n) is 5.57. The molecule has 0 radical (unpaired) electrons. The van der Waals surface area contributed by atoms with E-state index in [-0.39, 0.29) is 12.5 Å². The quantitative estimate of drug-likeness (QED) is 0.442. The zero-order valence-electron chi connectivity index (χ0n) is 17.6. The van der Waals surface area contributed by atoms with Gasteiger partial charge in [0.2, 0.25) is 5.91 Å². The third kappa shape index (κ3) is 3.55. The van der Waals surface area contributed by atoms with Gasteiger partial charge in [-0.3, -0.25) is 4.79 Å². The van der Waals surface area contributed by atoms with Gasteiger partial charge < -0.3 is 16.8 Å². The first kappa shape index (κ1) is 20.3. The molecule has 4 aromatic rings. The highest BCUT2D eigenvalue weighted by Crippen LogP contribution is 2.43. The Morgan fingerprint density at radius 1 is 1.22 bits per heavy atom. The summed E-state index contributed by atoms with van der Waals surface area (Å²) in [6.07, 6.45) is 4.40. The van der Waals surface area contributed by atoms with Crippen molar-refractivity contribution in [2.45, 2.75) is 26.2 Å². The van der Waals surface area contributed by atoms with Crippen molar-refractivity contribution < 1.29 is 4.79 Å². The maximum absolute atomic E-state index is 11.9. The number of nitrogens with two attached hydrogens (primary N) is 2. The topological polar surface area (TPSA) is 125 Å². The van der Waals surface area contributed by atoms with Crippen molar-refractivity contribution in [2.75, 3.05) is 17.6 Å². The predicted octanol–water partition coefficient (Wildman–Crippen LogP) is 3.33. The highest BCUT2D eigenvalue weighted by atomic mass is 32.1. The molecule has 0 saturated heterocycles. The Bertz CT molecular complexity index is 1310. The average molecular weight is 446 g/mol. The second-order valence-corrected chi connectivity index (χ2v) is 8.75. The number of fused-ring (bicyclic) bond motifs is 3. The lowest BCUT2D eigenvalue weighted by Gasteiger charge is -2.10. The molecule has 0 spiro atoms. The Kier molecular flexibility index (Phi) is 5.20. The fourth-order valence-corrected chi connectivity index (χ4v) is 5.12. The number of aryl methyl sites for hydroxylation is 2. The highest BCUT2D eigenvalue weighted by molar-refractivity contribution is 7.19. The van der Waals surface area contributed by atoms with E-state index in [1.165, 1.54) is 11.3 Å². The van der Waals surface area contributed by atoms with Crippen LogP contribution in [-0.4, -0.2) is 32.2 Å². The molecule has 1 aromatic carbocycles. The Balaban J connectivity index is 1.75. The van der Waals surface area contributed by atoms with Gasteiger partial charge in [-0.1, -0.05) is 29.5 Å². The lowest BCUT2D eigenvalue weighted by molar-refractivity contribution is -0.114. The molecule has 5 rings (SSSR count). The molecule has 8 nitrogen and oxygen atoms in total. The average Bonchev–Trinajstić information content (AvgIpc) is 3.31. The molecule has 32 heavy (non-hydrogen) atoms. The molecule has 0 saturated carbocycles. The number of aromatic nitrogens is 4. The Morgan fingerprint density at radius 2 is 2.06 bits per heavy atom. The second kappa shape index (κ2) is 8.18. The molecule has 0 bridgehead atoms. The number of nitrogens with zero attached hydrogens (tertiary/aromatic N) is 4. The fraction of sp³-hybridized carbons (Fsp3) is 0.217. The van der Waals surface area contributed by atoms with Gasteiger partial charge in [-0.05, 0) is 49.9 Å². The first-order valence-corrected chi connectivity index (χ1v) is 11.3. The minimum absolute atomic E-state index is 0.0784. The van der Waals surface area contributed by atoms with E-state index in [9.17, 15) is 4.79 Å². The van der Waals surface area contributed by atoms with Crippen LogP contribution in [0.15, 0.2) is 42.6 Å². The van der Waals surface area contributed by atoms with E-state index < -0.39 is 0 Å². The maximum atomic E-state index is 11.9. The number of thiazole rings is 1. The molecule has 5 N–H and O–H groups in total. The zero-order valence-corrected chi connectivity index (χ0v) is 18.4. The van der Waals surface area contributed by atoms with Crippen LogP contribution in [0, 0.1) is 6.92 Å². The summed E-state index contributed by atoms with van der Waals surface area (Å²) in [7, 11) is 0. The number of hydrogen-bond donors (Lipinski definition) is 3. The summed E-state index contributed by atoms with van der Waals surface area (Å²) in [5.74, 6) is 0.221. The number of rotatable bonds is 4. The van der Waals surface area contributed by atoms with Crippen LogP contribution >= 0.6 is 11.3 Å². The van der Waals surface area contributed by atoms with Gasteiger partial charge in [0.05, 0.1) is 34.2 Å². The summed E-state index contributed by atoms with van der Waals surface area (Å²) in [6.45, 7) is 2.00. The van der Waals surface area contributed by atoms with E-state index in [2.05, 4.69) is 29.4 Å². The number of para-hydroxylation sites is 1. The van der Waals surface area contributed by atoms with Crippen LogP contribution in [0.2, 0.25) is 0 Å². The molecule has 3 aromatic heterocycles. The second-order valence-electron chi connectivity index (χ2n) is 7.75. The van der Waals surface area contributed by atoms with Crippen molar-refractivity contribution >= 4 is 28.2 Å². The van der Waals surface area contributed by atoms with Crippen LogP contribution < -0.4 is 16.8 Å². The lowest BCUT2D eigenvalue weighted by Crippen LogP contribution is -2.21. The molecule has 0 atom stereocenters. The van der Waals surface area contributed by atoms with Gasteiger partial charge in [0.25, 0.3) is 0 Å². The number of hydrogen-bond acceptors (Lipinski definition) is 7. The molecule has 1 amide bonds. The molecule has 0 fully saturated rings. The third-order valence-corrected chi connectivity index (χ3v) is 6.59. The van der Waals surface area contributed by atoms with Gasteiger partial charge in [0.1, 0.15) is 5.82 Å². The van der Waals surface area contributed by atoms with Crippen molar-refractivity contribution in [1.29, 1.82) is 0 Å². The summed E-state index contributed by atoms with van der Waals surface area (Å²) < 4.78 is 2.01. The van der Waals surface area contributed by atoms with E-state index in [1.807, 2.05) is 22.9 Å². The van der Waals surface area contributed by atoms with Gasteiger partial charge in [0.15, 0.2) is 5.13 Å². The Morgan fingerprint density at radius 3 is 2.81 bits per heavy atom. The summed E-state index contributed by atoms with van der Waals surface area (Å²) in [5, 5.41) is 8.42. The zero-order chi connectivity index (χ0) is 22.2. The number of benzene rings is 1. The molecular formula is C23H23N7OS. The van der Waals surface area contributed by atoms with E-state index >= 15 is 0 Å². The number of pyridine rings is 1. The summed E-state index contributed by atoms with van der Waals surface area (Å²) in [6, 6.07) is 11.9. The molecule has 162 valence electrons. The Hall–Kier alpha value is -3.56. The number of anilines is 2. The molecule has 1 aliphatic carbocycles. The van der Waals surface area contributed by atoms with E-state index in [0.29, 0.717) is 10.9 Å². The van der Waals surface area contributed by atoms with Crippen molar-refractivity contribution in [2.24, 2.45) is 5.73 Å². The maximum Gasteiger partial charge on any atom is 0.239 e. The standard InChI is InChI=1S/C23H23N7OS/c1-13-5-2-3-8-17(13)30-21-15(20(29-30)14-9-10-18(25)26-12-14)6-4-7-16-22(21)32-23(27-16)28-19(31)11-24/h2-3,5,8-10,12H,4,6-7,11,24H2,1H3,(H2,25,26)(H,27,28,31). The minimum atomic E-state index is -0.254. The van der Waals surface area contributed by atoms with Gasteiger partial charge in [-0.15, -0.1) is 0 Å². The van der Waals surface area contributed by atoms with Crippen LogP contribution in [-0.2, 0) is 17.6 Å². The molecular weight excluding hydrogens is 422 g/mol. The van der Waals surface area contributed by atoms with Crippen LogP contribution in [0.1, 0.15) is 23.2 Å². The number of carbonyl (C=O) groups excluding carboxylic acids is 1. The van der Waals surface area contributed by atoms with Gasteiger partial charge in [-0.25, -0.2) is 14.6 Å². The normalized spacial score (nSPS) is 12.7. The summed E-state index contributed by atoms with van der Waals surface area (Å²) in [4.78, 5) is 21.9. The van der Waals surface area contributed by atoms with Crippen molar-refractivity contribution in [3.63, 3.8) is 0 Å². The minimum Gasteiger partial charge on any atom is -0.384 e. The number of amides is 1. The van der Waals surface area contributed by atoms with Crippen molar-refractivity contribution in [3.05, 3.63) is 59.4 Å². The van der Waals surface area contributed by atoms with Crippen LogP contribution in [0.25, 0.3) is 27.5 Å². The lowest BCUT2D eigenvalue weighted by atomic mass is 10.0. The van der Waals surface area contributed by atoms with Crippen molar-refractivity contribution in [1.82, 2.24) is 19.7 Å². The SMILES string of the molecule is Cc1ccccc1-n1nc(-c2ccc(N)nc2)c2c1-c1sc(NC(=O)CN)nc1CCC2. The molecule has 1 aliphatic rings. The van der Waals surface area contributed by atoms with E-state index in [1.54, 1.807) is 12.3 Å². The monoisotopic (exact) mass is 445 g/mol. The van der Waals surface area contributed by atoms with Gasteiger partial charge >= 0.3 is 0 Å². The fourth-order valence-electron chi connectivity index (χ4n) is 4.04. The van der Waals surface area contributed by atoms with Crippen LogP contribution in [0.4, 0.5) is 10.9 Å². The largest absolute Gasteiger partial charge is 0.384 e. The predicted molar refractivity (Wildman–Crippen MR) is 127 cm³/mol. The number of nitrogens with one attached hydrogen (secondary N) is 1.